The van der Waals surface area contributed by atoms with Crippen molar-refractivity contribution in [3.05, 3.63) is 0 Å². The quantitative estimate of drug-likeness (QED) is 0.466. The van der Waals surface area contributed by atoms with Crippen LogP contribution in [0.2, 0.25) is 0 Å². The second kappa shape index (κ2) is 2.35. The summed E-state index contributed by atoms with van der Waals surface area (Å²) in [7, 11) is 0. The zero-order valence-electron chi connectivity index (χ0n) is 4.85. The summed E-state index contributed by atoms with van der Waals surface area (Å²) >= 11 is 4.64. The average Bonchev–Trinajstić information content (AvgIpc) is 1.80. The smallest absolute Gasteiger partial charge is 0.170 e. The monoisotopic (exact) mass is 142 g/mol. The van der Waals surface area contributed by atoms with Gasteiger partial charge in [0.1, 0.15) is 5.78 Å². The van der Waals surface area contributed by atoms with E-state index in [-0.39, 0.29) is 18.0 Å². The Labute approximate surface area is 58.2 Å². The van der Waals surface area contributed by atoms with Crippen LogP contribution in [0.3, 0.4) is 0 Å². The minimum absolute atomic E-state index is 0.0235. The number of carbonyl (C=O) groups is 2. The maximum atomic E-state index is 10.6. The highest BCUT2D eigenvalue weighted by atomic mass is 32.1. The van der Waals surface area contributed by atoms with E-state index in [0.29, 0.717) is 17.7 Å². The van der Waals surface area contributed by atoms with Gasteiger partial charge in [-0.3, -0.25) is 9.59 Å². The van der Waals surface area contributed by atoms with E-state index in [0.717, 1.165) is 0 Å². The lowest BCUT2D eigenvalue weighted by atomic mass is 9.98. The lowest BCUT2D eigenvalue weighted by Crippen LogP contribution is -2.22. The minimum Gasteiger partial charge on any atom is -0.299 e. The average molecular weight is 142 g/mol. The van der Waals surface area contributed by atoms with E-state index in [9.17, 15) is 9.59 Å². The standard InChI is InChI=1S/C6H6O2S/c7-4-1-2-5(8)6(9)3-4/h1-3H2. The molecule has 0 saturated heterocycles. The van der Waals surface area contributed by atoms with Crippen LogP contribution in [0.25, 0.3) is 0 Å². The first-order valence-electron chi connectivity index (χ1n) is 2.78. The molecule has 0 aromatic carbocycles. The van der Waals surface area contributed by atoms with E-state index < -0.39 is 0 Å². The number of hydrogen-bond acceptors (Lipinski definition) is 3. The Kier molecular flexibility index (Phi) is 1.71. The van der Waals surface area contributed by atoms with Gasteiger partial charge in [-0.1, -0.05) is 12.2 Å². The predicted molar refractivity (Wildman–Crippen MR) is 36.5 cm³/mol. The van der Waals surface area contributed by atoms with Crippen molar-refractivity contribution in [3.8, 4) is 0 Å². The van der Waals surface area contributed by atoms with Crippen LogP contribution in [-0.4, -0.2) is 16.4 Å². The highest BCUT2D eigenvalue weighted by Crippen LogP contribution is 2.07. The molecule has 0 atom stereocenters. The van der Waals surface area contributed by atoms with Gasteiger partial charge in [0.2, 0.25) is 0 Å². The third kappa shape index (κ3) is 1.42. The van der Waals surface area contributed by atoms with E-state index >= 15 is 0 Å². The number of hydrogen-bond donors (Lipinski definition) is 0. The fourth-order valence-electron chi connectivity index (χ4n) is 0.758. The largest absolute Gasteiger partial charge is 0.299 e. The van der Waals surface area contributed by atoms with Gasteiger partial charge in [-0.15, -0.1) is 0 Å². The molecule has 0 bridgehead atoms. The topological polar surface area (TPSA) is 34.1 Å². The van der Waals surface area contributed by atoms with Crippen LogP contribution < -0.4 is 0 Å². The summed E-state index contributed by atoms with van der Waals surface area (Å²) in [5, 5.41) is 0. The second-order valence-corrected chi connectivity index (χ2v) is 2.55. The number of Topliss-reactive ketones (excluding diaryl/α,β-unsaturated/α-hetero) is 2. The van der Waals surface area contributed by atoms with Crippen molar-refractivity contribution in [2.75, 3.05) is 0 Å². The highest BCUT2D eigenvalue weighted by molar-refractivity contribution is 7.82. The molecule has 0 heterocycles. The molecule has 1 fully saturated rings. The zero-order chi connectivity index (χ0) is 6.85. The van der Waals surface area contributed by atoms with Gasteiger partial charge in [0.25, 0.3) is 0 Å². The number of thiocarbonyl (C=S) groups is 1. The molecule has 0 radical (unpaired) electrons. The maximum absolute atomic E-state index is 10.6. The minimum atomic E-state index is -0.0235. The fourth-order valence-corrected chi connectivity index (χ4v) is 1.02. The van der Waals surface area contributed by atoms with Gasteiger partial charge in [0, 0.05) is 19.3 Å². The van der Waals surface area contributed by atoms with Crippen LogP contribution in [-0.2, 0) is 9.59 Å². The van der Waals surface area contributed by atoms with Crippen molar-refractivity contribution in [2.24, 2.45) is 0 Å². The van der Waals surface area contributed by atoms with E-state index in [1.807, 2.05) is 0 Å². The Bertz CT molecular complexity index is 183. The van der Waals surface area contributed by atoms with Gasteiger partial charge >= 0.3 is 0 Å². The van der Waals surface area contributed by atoms with Gasteiger partial charge in [-0.2, -0.15) is 0 Å². The van der Waals surface area contributed by atoms with Crippen molar-refractivity contribution < 1.29 is 9.59 Å². The molecule has 0 N–H and O–H groups in total. The van der Waals surface area contributed by atoms with Gasteiger partial charge in [0.05, 0.1) is 4.86 Å². The lowest BCUT2D eigenvalue weighted by molar-refractivity contribution is -0.122. The molecule has 0 aromatic rings. The summed E-state index contributed by atoms with van der Waals surface area (Å²) in [6, 6.07) is 0. The van der Waals surface area contributed by atoms with Gasteiger partial charge in [-0.05, 0) is 0 Å². The van der Waals surface area contributed by atoms with Crippen molar-refractivity contribution in [3.63, 3.8) is 0 Å². The third-order valence-corrected chi connectivity index (χ3v) is 1.67. The van der Waals surface area contributed by atoms with E-state index in [4.69, 9.17) is 0 Å². The van der Waals surface area contributed by atoms with Crippen LogP contribution >= 0.6 is 12.2 Å². The van der Waals surface area contributed by atoms with E-state index in [2.05, 4.69) is 12.2 Å². The molecule has 48 valence electrons. The molecule has 0 amide bonds. The van der Waals surface area contributed by atoms with Crippen molar-refractivity contribution in [1.29, 1.82) is 0 Å². The lowest BCUT2D eigenvalue weighted by Gasteiger charge is -2.06. The summed E-state index contributed by atoms with van der Waals surface area (Å²) in [5.74, 6) is 0.0733. The molecule has 0 aromatic heterocycles. The second-order valence-electron chi connectivity index (χ2n) is 2.06. The number of carbonyl (C=O) groups excluding carboxylic acids is 2. The maximum Gasteiger partial charge on any atom is 0.170 e. The number of rotatable bonds is 0. The molecule has 1 aliphatic rings. The van der Waals surface area contributed by atoms with Crippen LogP contribution in [0, 0.1) is 0 Å². The molecular formula is C6H6O2S. The van der Waals surface area contributed by atoms with Crippen LogP contribution in [0.1, 0.15) is 19.3 Å². The predicted octanol–water partition coefficient (Wildman–Crippen LogP) is 0.678. The molecule has 1 rings (SSSR count). The summed E-state index contributed by atoms with van der Waals surface area (Å²) in [6.07, 6.45) is 0.921. The molecule has 3 heteroatoms. The first-order valence-corrected chi connectivity index (χ1v) is 3.18. The summed E-state index contributed by atoms with van der Waals surface area (Å²) in [4.78, 5) is 21.5. The van der Waals surface area contributed by atoms with Gasteiger partial charge in [-0.25, -0.2) is 0 Å². The third-order valence-electron chi connectivity index (χ3n) is 1.30. The number of ketones is 2. The van der Waals surface area contributed by atoms with Gasteiger partial charge < -0.3 is 0 Å². The highest BCUT2D eigenvalue weighted by Gasteiger charge is 2.19. The van der Waals surface area contributed by atoms with Crippen LogP contribution in [0.4, 0.5) is 0 Å². The van der Waals surface area contributed by atoms with Crippen molar-refractivity contribution >= 4 is 28.6 Å². The van der Waals surface area contributed by atoms with Crippen molar-refractivity contribution in [1.82, 2.24) is 0 Å². The molecule has 0 spiro atoms. The molecule has 0 unspecified atom stereocenters. The van der Waals surface area contributed by atoms with Crippen LogP contribution in [0.15, 0.2) is 0 Å². The Balaban J connectivity index is 2.64. The Morgan fingerprint density at radius 3 is 2.33 bits per heavy atom. The van der Waals surface area contributed by atoms with Gasteiger partial charge in [0.15, 0.2) is 5.78 Å². The molecule has 0 aliphatic heterocycles. The molecule has 1 saturated carbocycles. The summed E-state index contributed by atoms with van der Waals surface area (Å²) in [6.45, 7) is 0. The van der Waals surface area contributed by atoms with E-state index in [1.54, 1.807) is 0 Å². The normalized spacial score (nSPS) is 20.7. The zero-order valence-corrected chi connectivity index (χ0v) is 5.66. The first-order chi connectivity index (χ1) is 4.20. The Hall–Kier alpha value is -0.570. The Morgan fingerprint density at radius 1 is 1.22 bits per heavy atom. The molecule has 2 nitrogen and oxygen atoms in total. The van der Waals surface area contributed by atoms with E-state index in [1.165, 1.54) is 0 Å². The molecular weight excluding hydrogens is 136 g/mol. The summed E-state index contributed by atoms with van der Waals surface area (Å²) < 4.78 is 0. The van der Waals surface area contributed by atoms with Crippen LogP contribution in [0.5, 0.6) is 0 Å². The summed E-state index contributed by atoms with van der Waals surface area (Å²) in [5.41, 5.74) is 0. The van der Waals surface area contributed by atoms with Crippen molar-refractivity contribution in [2.45, 2.75) is 19.3 Å². The molecule has 1 aliphatic carbocycles. The SMILES string of the molecule is O=C1CCC(=O)C(=S)C1. The fraction of sp³-hybridized carbons (Fsp3) is 0.500. The Morgan fingerprint density at radius 2 is 1.89 bits per heavy atom. The molecule has 9 heavy (non-hydrogen) atoms. The first kappa shape index (κ1) is 6.55.